The van der Waals surface area contributed by atoms with E-state index in [1.165, 1.54) is 30.9 Å². The fourth-order valence-electron chi connectivity index (χ4n) is 10.2. The molecule has 68 heavy (non-hydrogen) atoms. The van der Waals surface area contributed by atoms with Crippen molar-refractivity contribution in [2.45, 2.75) is 127 Å². The van der Waals surface area contributed by atoms with Crippen molar-refractivity contribution in [1.82, 2.24) is 35.4 Å². The van der Waals surface area contributed by atoms with E-state index in [1.807, 2.05) is 11.9 Å². The Labute approximate surface area is 407 Å². The smallest absolute Gasteiger partial charge is 0.257 e. The molecule has 368 valence electrons. The van der Waals surface area contributed by atoms with Gasteiger partial charge in [-0.2, -0.15) is 0 Å². The minimum absolute atomic E-state index is 0.0671. The van der Waals surface area contributed by atoms with Crippen LogP contribution in [0.4, 0.5) is 11.4 Å². The topological polar surface area (TPSA) is 218 Å². The normalized spacial score (nSPS) is 21.6. The van der Waals surface area contributed by atoms with E-state index >= 15 is 0 Å². The minimum Gasteiger partial charge on any atom is -0.383 e. The molecule has 5 heterocycles. The predicted molar refractivity (Wildman–Crippen MR) is 261 cm³/mol. The van der Waals surface area contributed by atoms with Crippen LogP contribution in [0.1, 0.15) is 133 Å². The molecule has 0 aromatic heterocycles. The molecule has 2 aromatic carbocycles. The monoisotopic (exact) mass is 975 g/mol. The van der Waals surface area contributed by atoms with E-state index in [-0.39, 0.29) is 66.0 Å². The lowest BCUT2D eigenvalue weighted by molar-refractivity contribution is -0.136. The van der Waals surface area contributed by atoms with Gasteiger partial charge in [0, 0.05) is 86.8 Å². The quantitative estimate of drug-likeness (QED) is 0.0387. The predicted octanol–water partition coefficient (Wildman–Crippen LogP) is 4.68. The number of nitrogens with zero attached hydrogens (tertiary/aromatic N) is 3. The number of likely N-dealkylation sites (tertiary alicyclic amines) is 1. The molecular formula is C49H66ClN9O8S. The lowest BCUT2D eigenvalue weighted by Crippen LogP contribution is -2.53. The number of rotatable bonds is 23. The SMILES string of the molecule is CN(C(=O)c1c(C=O)cccc1NCCNC(=O)CCCCCCC(=O)NCCCN1CCC(CSN2C3CCC2CC(NC(=O)c2cc4c(cc2Cl)NC(=O)C4)C3)CC1)C1CCC(=O)NC1=O. The third-order valence-corrected chi connectivity index (χ3v) is 15.8. The minimum atomic E-state index is -0.834. The van der Waals surface area contributed by atoms with Crippen LogP contribution in [-0.4, -0.2) is 138 Å². The molecule has 0 saturated carbocycles. The molecule has 6 N–H and O–H groups in total. The molecule has 0 aliphatic carbocycles. The summed E-state index contributed by atoms with van der Waals surface area (Å²) in [5, 5.41) is 17.7. The molecule has 7 amide bonds. The van der Waals surface area contributed by atoms with Crippen LogP contribution in [0.5, 0.6) is 0 Å². The third-order valence-electron chi connectivity index (χ3n) is 14.0. The van der Waals surface area contributed by atoms with Crippen molar-refractivity contribution in [3.05, 3.63) is 57.6 Å². The summed E-state index contributed by atoms with van der Waals surface area (Å²) in [4.78, 5) is 103. The number of aldehydes is 1. The van der Waals surface area contributed by atoms with Gasteiger partial charge in [-0.25, -0.2) is 4.31 Å². The van der Waals surface area contributed by atoms with Crippen molar-refractivity contribution in [3.8, 4) is 0 Å². The molecule has 7 rings (SSSR count). The highest BCUT2D eigenvalue weighted by atomic mass is 35.5. The van der Waals surface area contributed by atoms with Gasteiger partial charge >= 0.3 is 0 Å². The van der Waals surface area contributed by atoms with Gasteiger partial charge in [0.05, 0.1) is 22.6 Å². The summed E-state index contributed by atoms with van der Waals surface area (Å²) in [5.41, 5.74) is 2.62. The number of amides is 7. The first-order valence-electron chi connectivity index (χ1n) is 24.4. The average molecular weight is 977 g/mol. The Balaban J connectivity index is 0.682. The molecule has 17 nitrogen and oxygen atoms in total. The van der Waals surface area contributed by atoms with Crippen LogP contribution in [-0.2, 0) is 30.4 Å². The number of likely N-dealkylation sites (N-methyl/N-ethyl adjacent to an activating group) is 1. The first-order valence-corrected chi connectivity index (χ1v) is 25.7. The number of fused-ring (bicyclic) bond motifs is 3. The molecule has 0 spiro atoms. The van der Waals surface area contributed by atoms with Crippen LogP contribution < -0.4 is 31.9 Å². The van der Waals surface area contributed by atoms with E-state index in [0.717, 1.165) is 82.3 Å². The van der Waals surface area contributed by atoms with Gasteiger partial charge in [0.25, 0.3) is 11.8 Å². The number of imide groups is 1. The molecule has 4 fully saturated rings. The van der Waals surface area contributed by atoms with Crippen LogP contribution >= 0.6 is 23.5 Å². The van der Waals surface area contributed by atoms with Gasteiger partial charge in [-0.15, -0.1) is 0 Å². The van der Waals surface area contributed by atoms with E-state index in [1.54, 1.807) is 24.3 Å². The van der Waals surface area contributed by atoms with Gasteiger partial charge in [0.15, 0.2) is 6.29 Å². The maximum absolute atomic E-state index is 13.4. The van der Waals surface area contributed by atoms with Crippen molar-refractivity contribution < 1.29 is 38.4 Å². The van der Waals surface area contributed by atoms with Crippen LogP contribution in [0.3, 0.4) is 0 Å². The van der Waals surface area contributed by atoms with E-state index in [4.69, 9.17) is 11.6 Å². The van der Waals surface area contributed by atoms with Crippen molar-refractivity contribution in [3.63, 3.8) is 0 Å². The molecule has 4 saturated heterocycles. The Bertz CT molecular complexity index is 2190. The molecular weight excluding hydrogens is 910 g/mol. The summed E-state index contributed by atoms with van der Waals surface area (Å²) < 4.78 is 2.62. The number of unbranched alkanes of at least 4 members (excludes halogenated alkanes) is 3. The van der Waals surface area contributed by atoms with Gasteiger partial charge in [0.2, 0.25) is 29.5 Å². The zero-order valence-electron chi connectivity index (χ0n) is 39.0. The highest BCUT2D eigenvalue weighted by Gasteiger charge is 2.42. The Morgan fingerprint density at radius 1 is 0.853 bits per heavy atom. The lowest BCUT2D eigenvalue weighted by atomic mass is 9.99. The summed E-state index contributed by atoms with van der Waals surface area (Å²) in [6.45, 7) is 4.41. The average Bonchev–Trinajstić information content (AvgIpc) is 3.81. The zero-order chi connectivity index (χ0) is 48.2. The second-order valence-corrected chi connectivity index (χ2v) is 20.3. The number of benzene rings is 2. The number of anilines is 2. The molecule has 0 radical (unpaired) electrons. The molecule has 2 aromatic rings. The highest BCUT2D eigenvalue weighted by Crippen LogP contribution is 2.42. The number of nitrogens with one attached hydrogen (secondary N) is 6. The molecule has 3 unspecified atom stereocenters. The van der Waals surface area contributed by atoms with E-state index in [9.17, 15) is 38.4 Å². The summed E-state index contributed by atoms with van der Waals surface area (Å²) in [6.07, 6.45) is 12.7. The van der Waals surface area contributed by atoms with Crippen LogP contribution in [0, 0.1) is 5.92 Å². The fourth-order valence-corrected chi connectivity index (χ4v) is 11.9. The molecule has 5 aliphatic rings. The molecule has 19 heteroatoms. The first kappa shape index (κ1) is 50.8. The van der Waals surface area contributed by atoms with E-state index in [2.05, 4.69) is 41.1 Å². The number of piperidine rings is 3. The summed E-state index contributed by atoms with van der Waals surface area (Å²) in [6, 6.07) is 8.45. The van der Waals surface area contributed by atoms with Crippen molar-refractivity contribution in [1.29, 1.82) is 0 Å². The number of carbonyl (C=O) groups excluding carboxylic acids is 8. The lowest BCUT2D eigenvalue weighted by Gasteiger charge is -2.39. The number of halogens is 1. The fraction of sp³-hybridized carbons (Fsp3) is 0.592. The number of hydrogen-bond donors (Lipinski definition) is 6. The van der Waals surface area contributed by atoms with E-state index in [0.29, 0.717) is 85.1 Å². The largest absolute Gasteiger partial charge is 0.383 e. The molecule has 2 bridgehead atoms. The standard InChI is InChI=1S/C49H66ClN9O8S/c1-57(41-14-15-44(63)56-48(41)66)49(67)46-32(29-60)8-6-9-39(46)51-19-20-53-43(62)11-5-3-2-4-10-42(61)52-18-7-21-58-22-16-31(17-23-58)30-68-59-35-12-13-36(59)27-34(26-35)54-47(65)37-24-33-25-45(64)55-40(33)28-38(37)50/h6,8-9,24,28-29,31,34-36,41,51H,2-5,7,10-23,25-27,30H2,1H3,(H,52,61)(H,53,62)(H,54,65)(H,55,64)(H,56,63,66). The second kappa shape index (κ2) is 24.5. The first-order chi connectivity index (χ1) is 32.9. The van der Waals surface area contributed by atoms with E-state index < -0.39 is 17.9 Å². The van der Waals surface area contributed by atoms with Gasteiger partial charge < -0.3 is 36.4 Å². The van der Waals surface area contributed by atoms with Crippen LogP contribution in [0.15, 0.2) is 30.3 Å². The second-order valence-electron chi connectivity index (χ2n) is 18.8. The Morgan fingerprint density at radius 3 is 2.25 bits per heavy atom. The molecule has 3 atom stereocenters. The highest BCUT2D eigenvalue weighted by molar-refractivity contribution is 7.97. The summed E-state index contributed by atoms with van der Waals surface area (Å²) >= 11 is 8.45. The maximum Gasteiger partial charge on any atom is 0.257 e. The van der Waals surface area contributed by atoms with Crippen molar-refractivity contribution >= 4 is 82.6 Å². The number of hydrogen-bond acceptors (Lipinski definition) is 12. The van der Waals surface area contributed by atoms with Crippen molar-refractivity contribution in [2.24, 2.45) is 5.92 Å². The maximum atomic E-state index is 13.4. The van der Waals surface area contributed by atoms with Gasteiger partial charge in [-0.05, 0) is 114 Å². The van der Waals surface area contributed by atoms with Gasteiger partial charge in [-0.1, -0.05) is 48.5 Å². The van der Waals surface area contributed by atoms with Crippen molar-refractivity contribution in [2.75, 3.05) is 62.7 Å². The summed E-state index contributed by atoms with van der Waals surface area (Å²) in [5.74, 6) is 0.0741. The third kappa shape index (κ3) is 13.6. The molecule has 5 aliphatic heterocycles. The van der Waals surface area contributed by atoms with Crippen LogP contribution in [0.25, 0.3) is 0 Å². The summed E-state index contributed by atoms with van der Waals surface area (Å²) in [7, 11) is 1.47. The van der Waals surface area contributed by atoms with Gasteiger partial charge in [-0.3, -0.25) is 43.7 Å². The van der Waals surface area contributed by atoms with Gasteiger partial charge in [0.1, 0.15) is 6.04 Å². The Hall–Kier alpha value is -5.04. The Morgan fingerprint density at radius 2 is 1.56 bits per heavy atom. The zero-order valence-corrected chi connectivity index (χ0v) is 40.6. The Kier molecular flexibility index (Phi) is 18.3. The van der Waals surface area contributed by atoms with Crippen LogP contribution in [0.2, 0.25) is 5.02 Å². The number of carbonyl (C=O) groups is 8.